The summed E-state index contributed by atoms with van der Waals surface area (Å²) in [6.45, 7) is 0.772. The van der Waals surface area contributed by atoms with Gasteiger partial charge in [-0.05, 0) is 16.3 Å². The molecule has 1 aliphatic rings. The van der Waals surface area contributed by atoms with E-state index in [0.717, 1.165) is 12.1 Å². The van der Waals surface area contributed by atoms with Crippen molar-refractivity contribution >= 4 is 17.0 Å². The van der Waals surface area contributed by atoms with Crippen molar-refractivity contribution in [2.24, 2.45) is 4.99 Å². The normalized spacial score (nSPS) is 13.5. The molecule has 0 amide bonds. The van der Waals surface area contributed by atoms with E-state index >= 15 is 0 Å². The molecule has 0 bridgehead atoms. The minimum atomic E-state index is 0.772. The van der Waals surface area contributed by atoms with Crippen LogP contribution in [0, 0.1) is 0 Å². The third kappa shape index (κ3) is 0.903. The van der Waals surface area contributed by atoms with E-state index in [1.165, 1.54) is 16.3 Å². The van der Waals surface area contributed by atoms with Gasteiger partial charge in [-0.1, -0.05) is 36.4 Å². The molecule has 1 nitrogen and oxygen atoms in total. The quantitative estimate of drug-likeness (QED) is 0.570. The fourth-order valence-corrected chi connectivity index (χ4v) is 1.85. The van der Waals surface area contributed by atoms with E-state index in [1.54, 1.807) is 0 Å². The summed E-state index contributed by atoms with van der Waals surface area (Å²) in [5, 5.41) is 2.61. The molecule has 2 aromatic carbocycles. The summed E-state index contributed by atoms with van der Waals surface area (Å²) in [5.74, 6) is 0. The van der Waals surface area contributed by atoms with Crippen LogP contribution in [-0.2, 0) is 6.54 Å². The van der Waals surface area contributed by atoms with Crippen LogP contribution < -0.4 is 0 Å². The van der Waals surface area contributed by atoms with Crippen LogP contribution >= 0.6 is 0 Å². The van der Waals surface area contributed by atoms with Crippen molar-refractivity contribution in [1.29, 1.82) is 0 Å². The van der Waals surface area contributed by atoms with E-state index in [1.807, 2.05) is 0 Å². The van der Waals surface area contributed by atoms with Gasteiger partial charge in [-0.2, -0.15) is 0 Å². The lowest BCUT2D eigenvalue weighted by Gasteiger charge is -2.10. The van der Waals surface area contributed by atoms with E-state index in [4.69, 9.17) is 0 Å². The van der Waals surface area contributed by atoms with Gasteiger partial charge in [-0.15, -0.1) is 0 Å². The van der Waals surface area contributed by atoms with E-state index in [9.17, 15) is 0 Å². The molecule has 13 heavy (non-hydrogen) atoms. The lowest BCUT2D eigenvalue weighted by molar-refractivity contribution is 1.08. The molecular formula is C12H8N. The second kappa shape index (κ2) is 2.43. The summed E-state index contributed by atoms with van der Waals surface area (Å²) >= 11 is 0. The third-order valence-electron chi connectivity index (χ3n) is 2.44. The summed E-state index contributed by atoms with van der Waals surface area (Å²) in [7, 11) is 0. The monoisotopic (exact) mass is 166 g/mol. The second-order valence-electron chi connectivity index (χ2n) is 3.25. The van der Waals surface area contributed by atoms with Crippen molar-refractivity contribution in [2.75, 3.05) is 0 Å². The van der Waals surface area contributed by atoms with Gasteiger partial charge in [0.05, 0.1) is 12.8 Å². The van der Waals surface area contributed by atoms with Gasteiger partial charge >= 0.3 is 0 Å². The molecule has 2 aromatic rings. The Hall–Kier alpha value is -1.63. The lowest BCUT2D eigenvalue weighted by atomic mass is 9.98. The van der Waals surface area contributed by atoms with Crippen LogP contribution in [0.25, 0.3) is 10.8 Å². The Bertz CT molecular complexity index is 492. The van der Waals surface area contributed by atoms with Crippen LogP contribution in [0.3, 0.4) is 0 Å². The lowest BCUT2D eigenvalue weighted by Crippen LogP contribution is -1.96. The SMILES string of the molecule is [C]1=NCc2cccc3cccc1c23. The van der Waals surface area contributed by atoms with Crippen molar-refractivity contribution in [3.63, 3.8) is 0 Å². The average Bonchev–Trinajstić information content (AvgIpc) is 2.19. The summed E-state index contributed by atoms with van der Waals surface area (Å²) < 4.78 is 0. The molecular weight excluding hydrogens is 158 g/mol. The molecule has 0 spiro atoms. The van der Waals surface area contributed by atoms with Crippen molar-refractivity contribution in [2.45, 2.75) is 6.54 Å². The highest BCUT2D eigenvalue weighted by molar-refractivity contribution is 6.02. The predicted octanol–water partition coefficient (Wildman–Crippen LogP) is 2.65. The van der Waals surface area contributed by atoms with Gasteiger partial charge in [0.15, 0.2) is 0 Å². The summed E-state index contributed by atoms with van der Waals surface area (Å²) in [4.78, 5) is 4.19. The van der Waals surface area contributed by atoms with Crippen molar-refractivity contribution < 1.29 is 0 Å². The van der Waals surface area contributed by atoms with E-state index in [2.05, 4.69) is 47.6 Å². The molecule has 0 saturated carbocycles. The van der Waals surface area contributed by atoms with E-state index in [-0.39, 0.29) is 0 Å². The molecule has 0 fully saturated rings. The fraction of sp³-hybridized carbons (Fsp3) is 0.0833. The zero-order valence-corrected chi connectivity index (χ0v) is 7.12. The maximum atomic E-state index is 4.19. The van der Waals surface area contributed by atoms with Gasteiger partial charge < -0.3 is 0 Å². The molecule has 3 rings (SSSR count). The molecule has 0 aliphatic carbocycles. The first kappa shape index (κ1) is 6.84. The Morgan fingerprint density at radius 2 is 1.92 bits per heavy atom. The number of hydrogen-bond acceptors (Lipinski definition) is 1. The molecule has 61 valence electrons. The molecule has 1 heteroatoms. The highest BCUT2D eigenvalue weighted by Crippen LogP contribution is 2.25. The van der Waals surface area contributed by atoms with Gasteiger partial charge in [-0.25, -0.2) is 0 Å². The number of nitrogens with zero attached hydrogens (tertiary/aromatic N) is 1. The first-order chi connectivity index (χ1) is 6.45. The number of aliphatic imine (C=N–C) groups is 1. The standard InChI is InChI=1S/C12H8N/c1-3-9-4-2-6-11-8-13-7-10(5-1)12(9)11/h1-6H,7H2. The molecule has 0 aromatic heterocycles. The van der Waals surface area contributed by atoms with E-state index in [0.29, 0.717) is 0 Å². The van der Waals surface area contributed by atoms with Crippen LogP contribution in [-0.4, -0.2) is 6.21 Å². The van der Waals surface area contributed by atoms with Crippen LogP contribution in [0.15, 0.2) is 41.4 Å². The van der Waals surface area contributed by atoms with Crippen LogP contribution in [0.1, 0.15) is 11.1 Å². The van der Waals surface area contributed by atoms with Gasteiger partial charge in [-0.3, -0.25) is 4.99 Å². The van der Waals surface area contributed by atoms with Gasteiger partial charge in [0.25, 0.3) is 0 Å². The van der Waals surface area contributed by atoms with Crippen LogP contribution in [0.5, 0.6) is 0 Å². The van der Waals surface area contributed by atoms with Crippen molar-refractivity contribution in [1.82, 2.24) is 0 Å². The van der Waals surface area contributed by atoms with Crippen molar-refractivity contribution in [3.05, 3.63) is 47.5 Å². The Morgan fingerprint density at radius 1 is 1.08 bits per heavy atom. The van der Waals surface area contributed by atoms with Crippen LogP contribution in [0.4, 0.5) is 0 Å². The third-order valence-corrected chi connectivity index (χ3v) is 2.44. The average molecular weight is 166 g/mol. The van der Waals surface area contributed by atoms with Gasteiger partial charge in [0.1, 0.15) is 0 Å². The first-order valence-electron chi connectivity index (χ1n) is 4.38. The largest absolute Gasteiger partial charge is 0.278 e. The maximum Gasteiger partial charge on any atom is 0.0915 e. The fourth-order valence-electron chi connectivity index (χ4n) is 1.85. The topological polar surface area (TPSA) is 12.4 Å². The Morgan fingerprint density at radius 3 is 2.85 bits per heavy atom. The molecule has 0 saturated heterocycles. The number of benzene rings is 2. The minimum absolute atomic E-state index is 0.772. The summed E-state index contributed by atoms with van der Waals surface area (Å²) in [5.41, 5.74) is 2.44. The zero-order valence-electron chi connectivity index (χ0n) is 7.12. The minimum Gasteiger partial charge on any atom is -0.278 e. The maximum absolute atomic E-state index is 4.19. The highest BCUT2D eigenvalue weighted by Gasteiger charge is 2.07. The molecule has 0 N–H and O–H groups in total. The van der Waals surface area contributed by atoms with Gasteiger partial charge in [0.2, 0.25) is 0 Å². The van der Waals surface area contributed by atoms with Gasteiger partial charge in [0, 0.05) is 5.56 Å². The zero-order chi connectivity index (χ0) is 8.67. The second-order valence-corrected chi connectivity index (χ2v) is 3.25. The number of rotatable bonds is 0. The molecule has 1 radical (unpaired) electrons. The van der Waals surface area contributed by atoms with E-state index < -0.39 is 0 Å². The smallest absolute Gasteiger partial charge is 0.0915 e. The summed E-state index contributed by atoms with van der Waals surface area (Å²) in [6.07, 6.45) is 3.05. The van der Waals surface area contributed by atoms with Crippen LogP contribution in [0.2, 0.25) is 0 Å². The molecule has 0 unspecified atom stereocenters. The Labute approximate surface area is 76.7 Å². The summed E-state index contributed by atoms with van der Waals surface area (Å²) in [6, 6.07) is 12.6. The highest BCUT2D eigenvalue weighted by atomic mass is 14.7. The molecule has 0 atom stereocenters. The Kier molecular flexibility index (Phi) is 1.28. The Balaban J connectivity index is 2.56. The van der Waals surface area contributed by atoms with Crippen molar-refractivity contribution in [3.8, 4) is 0 Å². The first-order valence-corrected chi connectivity index (χ1v) is 4.38. The molecule has 1 heterocycles. The number of hydrogen-bond donors (Lipinski definition) is 0. The predicted molar refractivity (Wildman–Crippen MR) is 54.2 cm³/mol. The molecule has 1 aliphatic heterocycles.